The summed E-state index contributed by atoms with van der Waals surface area (Å²) in [6.45, 7) is 4.47. The van der Waals surface area contributed by atoms with Crippen molar-refractivity contribution in [3.8, 4) is 0 Å². The molecule has 2 N–H and O–H groups in total. The number of carbonyl (C=O) groups is 2. The fraction of sp³-hybridized carbons (Fsp3) is 0.471. The Labute approximate surface area is 151 Å². The standard InChI is InChI=1S/C17H22N4O4S/c1-11(2)9-18-17(23)15-20-14(13-5-3-4-7-21(13)15)16(22)19-12-6-8-26(24,25)10-12/h3-5,7,11-12H,6,8-10H2,1-2H3,(H,18,23)(H,19,22). The fourth-order valence-electron chi connectivity index (χ4n) is 2.90. The lowest BCUT2D eigenvalue weighted by atomic mass is 10.2. The molecule has 0 radical (unpaired) electrons. The molecule has 0 saturated carbocycles. The molecule has 1 fully saturated rings. The van der Waals surface area contributed by atoms with Crippen LogP contribution >= 0.6 is 0 Å². The Hall–Kier alpha value is -2.42. The summed E-state index contributed by atoms with van der Waals surface area (Å²) >= 11 is 0. The average Bonchev–Trinajstić information content (AvgIpc) is 3.12. The molecule has 2 aromatic heterocycles. The minimum Gasteiger partial charge on any atom is -0.349 e. The van der Waals surface area contributed by atoms with Gasteiger partial charge in [-0.05, 0) is 24.5 Å². The fourth-order valence-corrected chi connectivity index (χ4v) is 4.58. The Bertz CT molecular complexity index is 949. The number of nitrogens with zero attached hydrogens (tertiary/aromatic N) is 2. The summed E-state index contributed by atoms with van der Waals surface area (Å²) in [6.07, 6.45) is 2.06. The Morgan fingerprint density at radius 3 is 2.73 bits per heavy atom. The molecule has 1 saturated heterocycles. The van der Waals surface area contributed by atoms with Crippen molar-refractivity contribution in [1.29, 1.82) is 0 Å². The second-order valence-corrected chi connectivity index (χ2v) is 9.15. The first-order chi connectivity index (χ1) is 12.3. The van der Waals surface area contributed by atoms with Crippen molar-refractivity contribution >= 4 is 27.2 Å². The van der Waals surface area contributed by atoms with E-state index in [2.05, 4.69) is 15.6 Å². The maximum Gasteiger partial charge on any atom is 0.287 e. The van der Waals surface area contributed by atoms with Crippen LogP contribution in [-0.2, 0) is 9.84 Å². The van der Waals surface area contributed by atoms with Crippen molar-refractivity contribution < 1.29 is 18.0 Å². The van der Waals surface area contributed by atoms with Crippen LogP contribution in [0.3, 0.4) is 0 Å². The second-order valence-electron chi connectivity index (χ2n) is 6.92. The molecule has 1 atom stereocenters. The number of hydrogen-bond acceptors (Lipinski definition) is 5. The lowest BCUT2D eigenvalue weighted by molar-refractivity contribution is 0.0937. The first kappa shape index (κ1) is 18.4. The molecule has 2 aromatic rings. The van der Waals surface area contributed by atoms with Crippen LogP contribution in [0.25, 0.3) is 5.52 Å². The van der Waals surface area contributed by atoms with Crippen LogP contribution < -0.4 is 10.6 Å². The number of amides is 2. The summed E-state index contributed by atoms with van der Waals surface area (Å²) in [5.74, 6) is -0.402. The highest BCUT2D eigenvalue weighted by molar-refractivity contribution is 7.91. The Morgan fingerprint density at radius 1 is 1.31 bits per heavy atom. The molecule has 0 aromatic carbocycles. The Balaban J connectivity index is 1.86. The molecule has 26 heavy (non-hydrogen) atoms. The first-order valence-electron chi connectivity index (χ1n) is 8.53. The molecule has 0 bridgehead atoms. The van der Waals surface area contributed by atoms with E-state index in [0.29, 0.717) is 18.5 Å². The van der Waals surface area contributed by atoms with E-state index in [4.69, 9.17) is 0 Å². The minimum absolute atomic E-state index is 0.0632. The van der Waals surface area contributed by atoms with Gasteiger partial charge in [0.05, 0.1) is 17.0 Å². The van der Waals surface area contributed by atoms with E-state index in [1.807, 2.05) is 13.8 Å². The number of pyridine rings is 1. The van der Waals surface area contributed by atoms with Crippen molar-refractivity contribution in [3.63, 3.8) is 0 Å². The minimum atomic E-state index is -3.09. The van der Waals surface area contributed by atoms with E-state index in [1.54, 1.807) is 28.8 Å². The van der Waals surface area contributed by atoms with Gasteiger partial charge in [0.1, 0.15) is 0 Å². The van der Waals surface area contributed by atoms with Crippen LogP contribution in [0.1, 0.15) is 41.4 Å². The van der Waals surface area contributed by atoms with E-state index in [1.165, 1.54) is 0 Å². The number of aromatic nitrogens is 2. The smallest absolute Gasteiger partial charge is 0.287 e. The van der Waals surface area contributed by atoms with E-state index in [-0.39, 0.29) is 34.8 Å². The summed E-state index contributed by atoms with van der Waals surface area (Å²) < 4.78 is 24.7. The number of nitrogens with one attached hydrogen (secondary N) is 2. The van der Waals surface area contributed by atoms with Crippen molar-refractivity contribution in [3.05, 3.63) is 35.9 Å². The molecule has 9 heteroatoms. The monoisotopic (exact) mass is 378 g/mol. The molecule has 140 valence electrons. The lowest BCUT2D eigenvalue weighted by Gasteiger charge is -2.09. The van der Waals surface area contributed by atoms with E-state index in [0.717, 1.165) is 0 Å². The highest BCUT2D eigenvalue weighted by Gasteiger charge is 2.30. The van der Waals surface area contributed by atoms with E-state index < -0.39 is 21.8 Å². The molecular weight excluding hydrogens is 356 g/mol. The number of rotatable bonds is 5. The van der Waals surface area contributed by atoms with E-state index >= 15 is 0 Å². The van der Waals surface area contributed by atoms with Gasteiger partial charge in [-0.1, -0.05) is 19.9 Å². The molecule has 3 rings (SSSR count). The van der Waals surface area contributed by atoms with Gasteiger partial charge in [-0.15, -0.1) is 0 Å². The summed E-state index contributed by atoms with van der Waals surface area (Å²) in [4.78, 5) is 29.3. The maximum absolute atomic E-state index is 12.6. The van der Waals surface area contributed by atoms with Gasteiger partial charge < -0.3 is 10.6 Å². The van der Waals surface area contributed by atoms with Gasteiger partial charge in [0.25, 0.3) is 11.8 Å². The van der Waals surface area contributed by atoms with Crippen LogP contribution in [0.15, 0.2) is 24.4 Å². The molecule has 1 aliphatic heterocycles. The Kier molecular flexibility index (Phi) is 4.99. The maximum atomic E-state index is 12.6. The molecule has 0 spiro atoms. The zero-order chi connectivity index (χ0) is 18.9. The van der Waals surface area contributed by atoms with Gasteiger partial charge in [0, 0.05) is 18.8 Å². The zero-order valence-electron chi connectivity index (χ0n) is 14.7. The van der Waals surface area contributed by atoms with Crippen LogP contribution in [0.2, 0.25) is 0 Å². The molecular formula is C17H22N4O4S. The zero-order valence-corrected chi connectivity index (χ0v) is 15.5. The van der Waals surface area contributed by atoms with Gasteiger partial charge in [-0.2, -0.15) is 0 Å². The van der Waals surface area contributed by atoms with Gasteiger partial charge in [0.15, 0.2) is 15.5 Å². The number of carbonyl (C=O) groups excluding carboxylic acids is 2. The molecule has 8 nitrogen and oxygen atoms in total. The largest absolute Gasteiger partial charge is 0.349 e. The predicted octanol–water partition coefficient (Wildman–Crippen LogP) is 0.637. The quantitative estimate of drug-likeness (QED) is 0.793. The third-order valence-electron chi connectivity index (χ3n) is 4.21. The molecule has 2 amide bonds. The van der Waals surface area contributed by atoms with Crippen molar-refractivity contribution in [2.24, 2.45) is 5.92 Å². The average molecular weight is 378 g/mol. The van der Waals surface area contributed by atoms with Gasteiger partial charge in [0.2, 0.25) is 5.82 Å². The molecule has 0 aliphatic carbocycles. The third kappa shape index (κ3) is 3.87. The Morgan fingerprint density at radius 2 is 2.08 bits per heavy atom. The summed E-state index contributed by atoms with van der Waals surface area (Å²) in [6, 6.07) is 4.78. The molecule has 1 unspecified atom stereocenters. The number of sulfone groups is 1. The predicted molar refractivity (Wildman–Crippen MR) is 96.9 cm³/mol. The van der Waals surface area contributed by atoms with Crippen LogP contribution in [0.4, 0.5) is 0 Å². The second kappa shape index (κ2) is 7.06. The summed E-state index contributed by atoms with van der Waals surface area (Å²) in [7, 11) is -3.09. The van der Waals surface area contributed by atoms with Crippen LogP contribution in [-0.4, -0.2) is 53.7 Å². The van der Waals surface area contributed by atoms with Crippen LogP contribution in [0.5, 0.6) is 0 Å². The number of hydrogen-bond donors (Lipinski definition) is 2. The summed E-state index contributed by atoms with van der Waals surface area (Å²) in [5, 5.41) is 5.51. The number of imidazole rings is 1. The normalized spacial score (nSPS) is 19.0. The topological polar surface area (TPSA) is 110 Å². The van der Waals surface area contributed by atoms with Crippen molar-refractivity contribution in [2.75, 3.05) is 18.1 Å². The lowest BCUT2D eigenvalue weighted by Crippen LogP contribution is -2.36. The molecule has 1 aliphatic rings. The van der Waals surface area contributed by atoms with Gasteiger partial charge in [-0.3, -0.25) is 14.0 Å². The van der Waals surface area contributed by atoms with Gasteiger partial charge in [-0.25, -0.2) is 13.4 Å². The van der Waals surface area contributed by atoms with E-state index in [9.17, 15) is 18.0 Å². The van der Waals surface area contributed by atoms with Crippen LogP contribution in [0, 0.1) is 5.92 Å². The van der Waals surface area contributed by atoms with Crippen molar-refractivity contribution in [1.82, 2.24) is 20.0 Å². The third-order valence-corrected chi connectivity index (χ3v) is 5.97. The first-order valence-corrected chi connectivity index (χ1v) is 10.4. The summed E-state index contributed by atoms with van der Waals surface area (Å²) in [5.41, 5.74) is 0.616. The van der Waals surface area contributed by atoms with Gasteiger partial charge >= 0.3 is 0 Å². The van der Waals surface area contributed by atoms with Crippen molar-refractivity contribution in [2.45, 2.75) is 26.3 Å². The SMILES string of the molecule is CC(C)CNC(=O)c1nc(C(=O)NC2CCS(=O)(=O)C2)c2ccccn12. The number of fused-ring (bicyclic) bond motifs is 1. The highest BCUT2D eigenvalue weighted by Crippen LogP contribution is 2.16. The molecule has 3 heterocycles. The highest BCUT2D eigenvalue weighted by atomic mass is 32.2.